The molecule has 0 bridgehead atoms. The van der Waals surface area contributed by atoms with Gasteiger partial charge in [0.2, 0.25) is 5.91 Å². The summed E-state index contributed by atoms with van der Waals surface area (Å²) in [4.78, 5) is 11.0. The van der Waals surface area contributed by atoms with Crippen molar-refractivity contribution in [1.82, 2.24) is 10.6 Å². The van der Waals surface area contributed by atoms with Gasteiger partial charge in [-0.1, -0.05) is 6.07 Å². The highest BCUT2D eigenvalue weighted by atomic mass is 19.1. The maximum Gasteiger partial charge on any atom is 0.233 e. The normalized spacial score (nSPS) is 12.2. The average molecular weight is 226 g/mol. The summed E-state index contributed by atoms with van der Waals surface area (Å²) in [5.41, 5.74) is 0.560. The molecular formula is C11H15FN2O2. The summed E-state index contributed by atoms with van der Waals surface area (Å²) < 4.78 is 12.7. The predicted molar refractivity (Wildman–Crippen MR) is 58.5 cm³/mol. The first-order valence-electron chi connectivity index (χ1n) is 4.97. The van der Waals surface area contributed by atoms with E-state index < -0.39 is 5.82 Å². The zero-order valence-corrected chi connectivity index (χ0v) is 9.25. The molecule has 0 saturated carbocycles. The topological polar surface area (TPSA) is 61.4 Å². The highest BCUT2D eigenvalue weighted by Gasteiger charge is 2.11. The van der Waals surface area contributed by atoms with E-state index in [9.17, 15) is 14.3 Å². The van der Waals surface area contributed by atoms with Crippen LogP contribution in [0.5, 0.6) is 5.75 Å². The number of likely N-dealkylation sites (N-methyl/N-ethyl adjacent to an activating group) is 1. The SMILES string of the molecule is CNC(=O)CNC(C)c1ccc(F)cc1O. The quantitative estimate of drug-likeness (QED) is 0.715. The van der Waals surface area contributed by atoms with E-state index in [1.807, 2.05) is 0 Å². The second kappa shape index (κ2) is 5.46. The highest BCUT2D eigenvalue weighted by molar-refractivity contribution is 5.77. The number of carbonyl (C=O) groups is 1. The van der Waals surface area contributed by atoms with Crippen LogP contribution in [0.25, 0.3) is 0 Å². The molecule has 16 heavy (non-hydrogen) atoms. The minimum atomic E-state index is -0.486. The van der Waals surface area contributed by atoms with Crippen LogP contribution in [0.4, 0.5) is 4.39 Å². The van der Waals surface area contributed by atoms with Crippen molar-refractivity contribution in [3.8, 4) is 5.75 Å². The molecule has 0 heterocycles. The fourth-order valence-corrected chi connectivity index (χ4v) is 1.33. The maximum atomic E-state index is 12.7. The Morgan fingerprint density at radius 3 is 2.81 bits per heavy atom. The Balaban J connectivity index is 2.65. The number of phenols is 1. The third-order valence-electron chi connectivity index (χ3n) is 2.31. The summed E-state index contributed by atoms with van der Waals surface area (Å²) in [5.74, 6) is -0.745. The molecule has 88 valence electrons. The number of hydrogen-bond donors (Lipinski definition) is 3. The molecule has 0 saturated heterocycles. The van der Waals surface area contributed by atoms with Gasteiger partial charge in [0.15, 0.2) is 0 Å². The number of hydrogen-bond acceptors (Lipinski definition) is 3. The molecule has 1 amide bonds. The summed E-state index contributed by atoms with van der Waals surface area (Å²) >= 11 is 0. The highest BCUT2D eigenvalue weighted by Crippen LogP contribution is 2.24. The largest absolute Gasteiger partial charge is 0.508 e. The van der Waals surface area contributed by atoms with Crippen molar-refractivity contribution in [1.29, 1.82) is 0 Å². The van der Waals surface area contributed by atoms with Crippen LogP contribution < -0.4 is 10.6 Å². The molecule has 1 atom stereocenters. The van der Waals surface area contributed by atoms with Gasteiger partial charge in [0, 0.05) is 24.7 Å². The molecule has 1 aromatic carbocycles. The van der Waals surface area contributed by atoms with Gasteiger partial charge in [-0.15, -0.1) is 0 Å². The van der Waals surface area contributed by atoms with Crippen molar-refractivity contribution in [3.05, 3.63) is 29.6 Å². The lowest BCUT2D eigenvalue weighted by Crippen LogP contribution is -2.32. The Hall–Kier alpha value is -1.62. The van der Waals surface area contributed by atoms with E-state index >= 15 is 0 Å². The molecule has 1 rings (SSSR count). The Kier molecular flexibility index (Phi) is 4.25. The zero-order chi connectivity index (χ0) is 12.1. The van der Waals surface area contributed by atoms with Gasteiger partial charge in [0.25, 0.3) is 0 Å². The third kappa shape index (κ3) is 3.20. The second-order valence-corrected chi connectivity index (χ2v) is 3.48. The first-order chi connectivity index (χ1) is 7.54. The van der Waals surface area contributed by atoms with E-state index in [2.05, 4.69) is 10.6 Å². The van der Waals surface area contributed by atoms with Crippen molar-refractivity contribution < 1.29 is 14.3 Å². The van der Waals surface area contributed by atoms with Crippen molar-refractivity contribution in [2.45, 2.75) is 13.0 Å². The van der Waals surface area contributed by atoms with Crippen LogP contribution in [0.15, 0.2) is 18.2 Å². The monoisotopic (exact) mass is 226 g/mol. The summed E-state index contributed by atoms with van der Waals surface area (Å²) in [6.45, 7) is 1.93. The van der Waals surface area contributed by atoms with E-state index in [4.69, 9.17) is 0 Å². The van der Waals surface area contributed by atoms with E-state index in [1.165, 1.54) is 12.1 Å². The lowest BCUT2D eigenvalue weighted by molar-refractivity contribution is -0.119. The molecule has 0 aromatic heterocycles. The molecule has 3 N–H and O–H groups in total. The lowest BCUT2D eigenvalue weighted by Gasteiger charge is -2.14. The van der Waals surface area contributed by atoms with Crippen LogP contribution in [0.2, 0.25) is 0 Å². The molecule has 1 aromatic rings. The van der Waals surface area contributed by atoms with Crippen LogP contribution in [0.3, 0.4) is 0 Å². The van der Waals surface area contributed by atoms with Crippen molar-refractivity contribution in [2.75, 3.05) is 13.6 Å². The van der Waals surface area contributed by atoms with Gasteiger partial charge in [-0.3, -0.25) is 4.79 Å². The number of aromatic hydroxyl groups is 1. The fourth-order valence-electron chi connectivity index (χ4n) is 1.33. The Labute approximate surface area is 93.5 Å². The van der Waals surface area contributed by atoms with Crippen molar-refractivity contribution in [3.63, 3.8) is 0 Å². The van der Waals surface area contributed by atoms with Gasteiger partial charge in [-0.25, -0.2) is 4.39 Å². The minimum Gasteiger partial charge on any atom is -0.508 e. The molecule has 0 aliphatic heterocycles. The molecule has 4 nitrogen and oxygen atoms in total. The van der Waals surface area contributed by atoms with E-state index in [1.54, 1.807) is 14.0 Å². The van der Waals surface area contributed by atoms with Gasteiger partial charge < -0.3 is 15.7 Å². The summed E-state index contributed by atoms with van der Waals surface area (Å²) in [5, 5.41) is 14.9. The number of halogens is 1. The molecule has 5 heteroatoms. The minimum absolute atomic E-state index is 0.114. The van der Waals surface area contributed by atoms with Crippen LogP contribution in [0, 0.1) is 5.82 Å². The summed E-state index contributed by atoms with van der Waals surface area (Å²) in [6, 6.07) is 3.59. The van der Waals surface area contributed by atoms with Crippen molar-refractivity contribution in [2.24, 2.45) is 0 Å². The number of carbonyl (C=O) groups excluding carboxylic acids is 1. The Morgan fingerprint density at radius 2 is 2.25 bits per heavy atom. The molecule has 0 fully saturated rings. The van der Waals surface area contributed by atoms with Gasteiger partial charge in [-0.05, 0) is 13.0 Å². The van der Waals surface area contributed by atoms with Gasteiger partial charge >= 0.3 is 0 Å². The molecule has 0 aliphatic carbocycles. The van der Waals surface area contributed by atoms with E-state index in [-0.39, 0.29) is 24.2 Å². The van der Waals surface area contributed by atoms with E-state index in [0.29, 0.717) is 5.56 Å². The summed E-state index contributed by atoms with van der Waals surface area (Å²) in [7, 11) is 1.55. The van der Waals surface area contributed by atoms with Crippen LogP contribution in [-0.2, 0) is 4.79 Å². The molecule has 0 radical (unpaired) electrons. The Morgan fingerprint density at radius 1 is 1.56 bits per heavy atom. The number of phenolic OH excluding ortho intramolecular Hbond substituents is 1. The van der Waals surface area contributed by atoms with Crippen LogP contribution in [-0.4, -0.2) is 24.6 Å². The first-order valence-corrected chi connectivity index (χ1v) is 4.97. The average Bonchev–Trinajstić information content (AvgIpc) is 2.25. The smallest absolute Gasteiger partial charge is 0.233 e. The Bertz CT molecular complexity index is 382. The molecule has 1 unspecified atom stereocenters. The zero-order valence-electron chi connectivity index (χ0n) is 9.25. The van der Waals surface area contributed by atoms with Gasteiger partial charge in [0.1, 0.15) is 11.6 Å². The molecule has 0 aliphatic rings. The van der Waals surface area contributed by atoms with Crippen LogP contribution >= 0.6 is 0 Å². The number of rotatable bonds is 4. The summed E-state index contributed by atoms with van der Waals surface area (Å²) in [6.07, 6.45) is 0. The third-order valence-corrected chi connectivity index (χ3v) is 2.31. The fraction of sp³-hybridized carbons (Fsp3) is 0.364. The van der Waals surface area contributed by atoms with Crippen molar-refractivity contribution >= 4 is 5.91 Å². The number of amides is 1. The van der Waals surface area contributed by atoms with Gasteiger partial charge in [0.05, 0.1) is 6.54 Å². The standard InChI is InChI=1S/C11H15FN2O2/c1-7(14-6-11(16)13-2)9-4-3-8(12)5-10(9)15/h3-5,7,14-15H,6H2,1-2H3,(H,13,16). The molecular weight excluding hydrogens is 211 g/mol. The van der Waals surface area contributed by atoms with E-state index in [0.717, 1.165) is 6.07 Å². The lowest BCUT2D eigenvalue weighted by atomic mass is 10.1. The number of nitrogens with one attached hydrogen (secondary N) is 2. The van der Waals surface area contributed by atoms with Gasteiger partial charge in [-0.2, -0.15) is 0 Å². The first kappa shape index (κ1) is 12.4. The molecule has 0 spiro atoms. The predicted octanol–water partition coefficient (Wildman–Crippen LogP) is 0.928. The number of benzene rings is 1. The maximum absolute atomic E-state index is 12.7. The van der Waals surface area contributed by atoms with Crippen LogP contribution in [0.1, 0.15) is 18.5 Å². The second-order valence-electron chi connectivity index (χ2n) is 3.48.